The minimum Gasteiger partial charge on any atom is -0.351 e. The first-order chi connectivity index (χ1) is 14.9. The van der Waals surface area contributed by atoms with E-state index in [-0.39, 0.29) is 16.9 Å². The van der Waals surface area contributed by atoms with Gasteiger partial charge in [-0.15, -0.1) is 0 Å². The molecule has 6 nitrogen and oxygen atoms in total. The second-order valence-electron chi connectivity index (χ2n) is 7.72. The van der Waals surface area contributed by atoms with E-state index >= 15 is 0 Å². The van der Waals surface area contributed by atoms with Gasteiger partial charge in [0, 0.05) is 23.1 Å². The molecule has 0 saturated carbocycles. The van der Waals surface area contributed by atoms with Crippen molar-refractivity contribution >= 4 is 50.8 Å². The standard InChI is InChI=1S/C23H27BrN4O2S/c1-3-4-12-27(2)13-11-25-21(29)17-7-5-16(6-8-17)15-28-22(30)19-14-18(24)9-10-20(19)26-23(28)31/h5-10,14,19H,3-4,11-13,15H2,1-2H3,(H,25,29). The molecule has 31 heavy (non-hydrogen) atoms. The lowest BCUT2D eigenvalue weighted by Crippen LogP contribution is -2.45. The van der Waals surface area contributed by atoms with E-state index < -0.39 is 5.92 Å². The molecule has 0 radical (unpaired) electrons. The van der Waals surface area contributed by atoms with E-state index in [0.717, 1.165) is 36.0 Å². The average molecular weight is 503 g/mol. The Hall–Kier alpha value is -2.16. The highest BCUT2D eigenvalue weighted by Gasteiger charge is 2.34. The molecule has 1 aromatic rings. The summed E-state index contributed by atoms with van der Waals surface area (Å²) < 4.78 is 0.851. The van der Waals surface area contributed by atoms with Crippen LogP contribution in [0.15, 0.2) is 52.0 Å². The Morgan fingerprint density at radius 3 is 2.71 bits per heavy atom. The summed E-state index contributed by atoms with van der Waals surface area (Å²) in [6.45, 7) is 4.96. The number of aliphatic imine (C=N–C) groups is 1. The summed E-state index contributed by atoms with van der Waals surface area (Å²) in [5, 5.41) is 3.22. The number of fused-ring (bicyclic) bond motifs is 1. The first kappa shape index (κ1) is 23.5. The van der Waals surface area contributed by atoms with Crippen molar-refractivity contribution in [2.75, 3.05) is 26.7 Å². The predicted octanol–water partition coefficient (Wildman–Crippen LogP) is 3.68. The monoisotopic (exact) mass is 502 g/mol. The Kier molecular flexibility index (Phi) is 8.28. The molecule has 0 fully saturated rings. The number of hydrogen-bond donors (Lipinski definition) is 1. The summed E-state index contributed by atoms with van der Waals surface area (Å²) in [7, 11) is 2.06. The number of nitrogens with zero attached hydrogens (tertiary/aromatic N) is 3. The molecular formula is C23H27BrN4O2S. The van der Waals surface area contributed by atoms with Crippen LogP contribution in [0.25, 0.3) is 0 Å². The summed E-state index contributed by atoms with van der Waals surface area (Å²) in [5.41, 5.74) is 2.15. The zero-order valence-corrected chi connectivity index (χ0v) is 20.2. The first-order valence-corrected chi connectivity index (χ1v) is 11.6. The Morgan fingerprint density at radius 1 is 1.26 bits per heavy atom. The van der Waals surface area contributed by atoms with Crippen LogP contribution in [0.1, 0.15) is 35.7 Å². The largest absolute Gasteiger partial charge is 0.351 e. The number of rotatable bonds is 9. The Bertz CT molecular complexity index is 939. The molecule has 0 aromatic heterocycles. The third-order valence-electron chi connectivity index (χ3n) is 5.27. The molecule has 0 spiro atoms. The fourth-order valence-corrected chi connectivity index (χ4v) is 4.05. The molecule has 1 aliphatic heterocycles. The molecule has 2 amide bonds. The minimum absolute atomic E-state index is 0.0923. The molecule has 0 saturated heterocycles. The minimum atomic E-state index is -0.424. The second-order valence-corrected chi connectivity index (χ2v) is 9.00. The maximum Gasteiger partial charge on any atom is 0.251 e. The summed E-state index contributed by atoms with van der Waals surface area (Å²) >= 11 is 8.76. The summed E-state index contributed by atoms with van der Waals surface area (Å²) in [5.74, 6) is -0.616. The molecule has 1 aromatic carbocycles. The van der Waals surface area contributed by atoms with E-state index in [2.05, 4.69) is 45.1 Å². The van der Waals surface area contributed by atoms with E-state index in [1.54, 1.807) is 12.1 Å². The van der Waals surface area contributed by atoms with Crippen LogP contribution in [0.4, 0.5) is 0 Å². The predicted molar refractivity (Wildman–Crippen MR) is 131 cm³/mol. The SMILES string of the molecule is CCCCN(C)CCNC(=O)c1ccc(CN2C(=O)C3C=C(Br)C=CC3=NC2=S)cc1. The van der Waals surface area contributed by atoms with Crippen LogP contribution in [-0.4, -0.2) is 59.1 Å². The van der Waals surface area contributed by atoms with Gasteiger partial charge in [-0.25, -0.2) is 4.99 Å². The van der Waals surface area contributed by atoms with Gasteiger partial charge in [0.25, 0.3) is 5.91 Å². The van der Waals surface area contributed by atoms with Gasteiger partial charge in [0.2, 0.25) is 11.0 Å². The molecule has 0 bridgehead atoms. The smallest absolute Gasteiger partial charge is 0.251 e. The lowest BCUT2D eigenvalue weighted by Gasteiger charge is -2.30. The maximum atomic E-state index is 12.9. The first-order valence-electron chi connectivity index (χ1n) is 10.4. The number of amides is 2. The summed E-state index contributed by atoms with van der Waals surface area (Å²) in [6, 6.07) is 7.25. The van der Waals surface area contributed by atoms with Gasteiger partial charge >= 0.3 is 0 Å². The van der Waals surface area contributed by atoms with Gasteiger partial charge < -0.3 is 10.2 Å². The lowest BCUT2D eigenvalue weighted by molar-refractivity contribution is -0.128. The molecule has 1 N–H and O–H groups in total. The zero-order chi connectivity index (χ0) is 22.4. The van der Waals surface area contributed by atoms with Crippen LogP contribution in [0.3, 0.4) is 0 Å². The van der Waals surface area contributed by atoms with Gasteiger partial charge in [-0.05, 0) is 62.1 Å². The molecule has 1 atom stereocenters. The van der Waals surface area contributed by atoms with Crippen molar-refractivity contribution in [1.29, 1.82) is 0 Å². The Labute approximate surface area is 197 Å². The van der Waals surface area contributed by atoms with E-state index in [9.17, 15) is 9.59 Å². The van der Waals surface area contributed by atoms with Gasteiger partial charge in [-0.1, -0.05) is 47.5 Å². The topological polar surface area (TPSA) is 65.0 Å². The van der Waals surface area contributed by atoms with Crippen LogP contribution >= 0.6 is 28.1 Å². The van der Waals surface area contributed by atoms with Crippen LogP contribution in [-0.2, 0) is 11.3 Å². The number of thiocarbonyl (C=S) groups is 1. The molecular weight excluding hydrogens is 476 g/mol. The summed E-state index contributed by atoms with van der Waals surface area (Å²) in [6.07, 6.45) is 7.82. The molecule has 1 aliphatic carbocycles. The quantitative estimate of drug-likeness (QED) is 0.523. The Morgan fingerprint density at radius 2 is 2.00 bits per heavy atom. The van der Waals surface area contributed by atoms with Crippen molar-refractivity contribution in [2.24, 2.45) is 10.9 Å². The van der Waals surface area contributed by atoms with Crippen molar-refractivity contribution in [2.45, 2.75) is 26.3 Å². The van der Waals surface area contributed by atoms with Crippen molar-refractivity contribution in [3.05, 3.63) is 58.1 Å². The molecule has 2 aliphatic rings. The van der Waals surface area contributed by atoms with E-state index in [1.807, 2.05) is 30.4 Å². The number of unbranched alkanes of at least 4 members (excludes halogenated alkanes) is 1. The normalized spacial score (nSPS) is 18.1. The molecule has 1 heterocycles. The van der Waals surface area contributed by atoms with E-state index in [4.69, 9.17) is 12.2 Å². The number of likely N-dealkylation sites (N-methyl/N-ethyl adjacent to an activating group) is 1. The van der Waals surface area contributed by atoms with Gasteiger partial charge in [0.15, 0.2) is 0 Å². The molecule has 164 valence electrons. The molecule has 3 rings (SSSR count). The third kappa shape index (κ3) is 6.18. The van der Waals surface area contributed by atoms with Crippen LogP contribution in [0, 0.1) is 5.92 Å². The maximum absolute atomic E-state index is 12.9. The Balaban J connectivity index is 1.56. The number of nitrogens with one attached hydrogen (secondary N) is 1. The fraction of sp³-hybridized carbons (Fsp3) is 0.391. The van der Waals surface area contributed by atoms with Crippen LogP contribution in [0.2, 0.25) is 0 Å². The highest BCUT2D eigenvalue weighted by molar-refractivity contribution is 9.11. The number of halogens is 1. The van der Waals surface area contributed by atoms with Crippen molar-refractivity contribution in [3.63, 3.8) is 0 Å². The third-order valence-corrected chi connectivity index (χ3v) is 6.12. The van der Waals surface area contributed by atoms with Crippen LogP contribution < -0.4 is 5.32 Å². The highest BCUT2D eigenvalue weighted by atomic mass is 79.9. The van der Waals surface area contributed by atoms with Gasteiger partial charge in [0.1, 0.15) is 5.92 Å². The molecule has 1 unspecified atom stereocenters. The lowest BCUT2D eigenvalue weighted by atomic mass is 9.95. The number of carbonyl (C=O) groups excluding carboxylic acids is 2. The second kappa shape index (κ2) is 10.9. The number of benzene rings is 1. The van der Waals surface area contributed by atoms with E-state index in [0.29, 0.717) is 24.4 Å². The summed E-state index contributed by atoms with van der Waals surface area (Å²) in [4.78, 5) is 33.5. The van der Waals surface area contributed by atoms with Crippen molar-refractivity contribution in [3.8, 4) is 0 Å². The highest BCUT2D eigenvalue weighted by Crippen LogP contribution is 2.26. The fourth-order valence-electron chi connectivity index (χ4n) is 3.40. The van der Waals surface area contributed by atoms with Crippen molar-refractivity contribution < 1.29 is 9.59 Å². The van der Waals surface area contributed by atoms with Gasteiger partial charge in [0.05, 0.1) is 12.3 Å². The zero-order valence-electron chi connectivity index (χ0n) is 17.8. The molecule has 8 heteroatoms. The number of hydrogen-bond acceptors (Lipinski definition) is 4. The van der Waals surface area contributed by atoms with Crippen molar-refractivity contribution in [1.82, 2.24) is 15.1 Å². The number of carbonyl (C=O) groups is 2. The van der Waals surface area contributed by atoms with Crippen LogP contribution in [0.5, 0.6) is 0 Å². The van der Waals surface area contributed by atoms with E-state index in [1.165, 1.54) is 4.90 Å². The van der Waals surface area contributed by atoms with Gasteiger partial charge in [-0.2, -0.15) is 0 Å². The average Bonchev–Trinajstić information content (AvgIpc) is 2.76. The van der Waals surface area contributed by atoms with Gasteiger partial charge in [-0.3, -0.25) is 14.5 Å². The number of allylic oxidation sites excluding steroid dienone is 3.